The summed E-state index contributed by atoms with van der Waals surface area (Å²) >= 11 is 0. The van der Waals surface area contributed by atoms with Crippen molar-refractivity contribution >= 4 is 0 Å². The molecule has 3 heteroatoms. The average molecular weight is 209 g/mol. The number of nitrogens with two attached hydrogens (primary N) is 1. The Morgan fingerprint density at radius 1 is 1.40 bits per heavy atom. The van der Waals surface area contributed by atoms with Crippen LogP contribution in [0.4, 0.5) is 4.39 Å². The molecule has 15 heavy (non-hydrogen) atoms. The summed E-state index contributed by atoms with van der Waals surface area (Å²) in [6.07, 6.45) is 3.35. The van der Waals surface area contributed by atoms with E-state index in [9.17, 15) is 4.39 Å². The van der Waals surface area contributed by atoms with Crippen LogP contribution in [0.1, 0.15) is 19.3 Å². The van der Waals surface area contributed by atoms with Gasteiger partial charge in [-0.15, -0.1) is 0 Å². The van der Waals surface area contributed by atoms with Crippen LogP contribution in [0, 0.1) is 11.7 Å². The molecule has 0 bridgehead atoms. The molecule has 0 spiro atoms. The molecule has 2 atom stereocenters. The van der Waals surface area contributed by atoms with Crippen LogP contribution < -0.4 is 10.5 Å². The molecule has 1 aromatic rings. The van der Waals surface area contributed by atoms with Crippen molar-refractivity contribution in [2.75, 3.05) is 6.54 Å². The van der Waals surface area contributed by atoms with Crippen molar-refractivity contribution in [2.24, 2.45) is 11.7 Å². The van der Waals surface area contributed by atoms with Crippen LogP contribution in [0.15, 0.2) is 24.3 Å². The first-order valence-corrected chi connectivity index (χ1v) is 5.40. The number of halogens is 1. The molecule has 1 aliphatic rings. The van der Waals surface area contributed by atoms with Crippen molar-refractivity contribution in [1.82, 2.24) is 0 Å². The Morgan fingerprint density at radius 2 is 2.27 bits per heavy atom. The number of ether oxygens (including phenoxy) is 1. The van der Waals surface area contributed by atoms with Crippen molar-refractivity contribution in [1.29, 1.82) is 0 Å². The SMILES string of the molecule is NCC1CCC(Oc2cccc(F)c2)C1. The number of benzene rings is 1. The zero-order valence-electron chi connectivity index (χ0n) is 8.66. The van der Waals surface area contributed by atoms with Gasteiger partial charge in [-0.3, -0.25) is 0 Å². The fourth-order valence-corrected chi connectivity index (χ4v) is 2.08. The first-order valence-electron chi connectivity index (χ1n) is 5.40. The average Bonchev–Trinajstić information content (AvgIpc) is 2.65. The van der Waals surface area contributed by atoms with Crippen molar-refractivity contribution in [2.45, 2.75) is 25.4 Å². The molecule has 2 nitrogen and oxygen atoms in total. The van der Waals surface area contributed by atoms with Crippen LogP contribution in [0.3, 0.4) is 0 Å². The van der Waals surface area contributed by atoms with E-state index in [2.05, 4.69) is 0 Å². The normalized spacial score (nSPS) is 25.5. The molecule has 1 aliphatic carbocycles. The predicted molar refractivity (Wildman–Crippen MR) is 57.2 cm³/mol. The van der Waals surface area contributed by atoms with Gasteiger partial charge in [-0.2, -0.15) is 0 Å². The second kappa shape index (κ2) is 4.62. The van der Waals surface area contributed by atoms with E-state index in [0.717, 1.165) is 25.8 Å². The molecule has 0 radical (unpaired) electrons. The topological polar surface area (TPSA) is 35.2 Å². The van der Waals surface area contributed by atoms with Gasteiger partial charge in [-0.25, -0.2) is 4.39 Å². The van der Waals surface area contributed by atoms with Crippen LogP contribution in [0.2, 0.25) is 0 Å². The summed E-state index contributed by atoms with van der Waals surface area (Å²) < 4.78 is 18.6. The lowest BCUT2D eigenvalue weighted by atomic mass is 10.1. The fraction of sp³-hybridized carbons (Fsp3) is 0.500. The third-order valence-corrected chi connectivity index (χ3v) is 2.93. The fourth-order valence-electron chi connectivity index (χ4n) is 2.08. The molecular formula is C12H16FNO. The summed E-state index contributed by atoms with van der Waals surface area (Å²) in [5.41, 5.74) is 5.60. The van der Waals surface area contributed by atoms with Gasteiger partial charge in [-0.05, 0) is 43.9 Å². The predicted octanol–water partition coefficient (Wildman–Crippen LogP) is 2.33. The Morgan fingerprint density at radius 3 is 2.93 bits per heavy atom. The summed E-state index contributed by atoms with van der Waals surface area (Å²) in [4.78, 5) is 0. The van der Waals surface area contributed by atoms with E-state index < -0.39 is 0 Å². The van der Waals surface area contributed by atoms with Crippen LogP contribution in [-0.4, -0.2) is 12.6 Å². The molecule has 1 saturated carbocycles. The minimum atomic E-state index is -0.249. The molecule has 0 aromatic heterocycles. The van der Waals surface area contributed by atoms with Gasteiger partial charge in [0.1, 0.15) is 11.6 Å². The van der Waals surface area contributed by atoms with Crippen LogP contribution in [0.25, 0.3) is 0 Å². The number of hydrogen-bond acceptors (Lipinski definition) is 2. The molecule has 2 unspecified atom stereocenters. The Kier molecular flexibility index (Phi) is 3.21. The summed E-state index contributed by atoms with van der Waals surface area (Å²) in [7, 11) is 0. The summed E-state index contributed by atoms with van der Waals surface area (Å²) in [6, 6.07) is 6.30. The maximum absolute atomic E-state index is 12.9. The molecule has 0 aliphatic heterocycles. The Balaban J connectivity index is 1.92. The second-order valence-electron chi connectivity index (χ2n) is 4.11. The van der Waals surface area contributed by atoms with Crippen LogP contribution in [0.5, 0.6) is 5.75 Å². The van der Waals surface area contributed by atoms with Gasteiger partial charge in [0.05, 0.1) is 6.10 Å². The van der Waals surface area contributed by atoms with Crippen molar-refractivity contribution in [3.8, 4) is 5.75 Å². The van der Waals surface area contributed by atoms with E-state index in [0.29, 0.717) is 11.7 Å². The quantitative estimate of drug-likeness (QED) is 0.829. The van der Waals surface area contributed by atoms with E-state index >= 15 is 0 Å². The lowest BCUT2D eigenvalue weighted by molar-refractivity contribution is 0.204. The zero-order chi connectivity index (χ0) is 10.7. The van der Waals surface area contributed by atoms with Crippen molar-refractivity contribution < 1.29 is 9.13 Å². The van der Waals surface area contributed by atoms with Gasteiger partial charge in [-0.1, -0.05) is 6.07 Å². The molecule has 2 N–H and O–H groups in total. The lowest BCUT2D eigenvalue weighted by Crippen LogP contribution is -2.15. The highest BCUT2D eigenvalue weighted by molar-refractivity contribution is 5.22. The largest absolute Gasteiger partial charge is 0.490 e. The van der Waals surface area contributed by atoms with Gasteiger partial charge < -0.3 is 10.5 Å². The number of rotatable bonds is 3. The van der Waals surface area contributed by atoms with Gasteiger partial charge in [0, 0.05) is 6.07 Å². The van der Waals surface area contributed by atoms with Crippen molar-refractivity contribution in [3.63, 3.8) is 0 Å². The van der Waals surface area contributed by atoms with Gasteiger partial charge in [0.25, 0.3) is 0 Å². The van der Waals surface area contributed by atoms with E-state index in [1.807, 2.05) is 0 Å². The first-order chi connectivity index (χ1) is 7.28. The highest BCUT2D eigenvalue weighted by atomic mass is 19.1. The summed E-state index contributed by atoms with van der Waals surface area (Å²) in [5.74, 6) is 0.946. The molecular weight excluding hydrogens is 193 g/mol. The smallest absolute Gasteiger partial charge is 0.126 e. The number of hydrogen-bond donors (Lipinski definition) is 1. The van der Waals surface area contributed by atoms with Gasteiger partial charge in [0.2, 0.25) is 0 Å². The molecule has 1 aromatic carbocycles. The van der Waals surface area contributed by atoms with E-state index in [4.69, 9.17) is 10.5 Å². The Hall–Kier alpha value is -1.09. The van der Waals surface area contributed by atoms with Gasteiger partial charge >= 0.3 is 0 Å². The maximum Gasteiger partial charge on any atom is 0.126 e. The standard InChI is InChI=1S/C12H16FNO/c13-10-2-1-3-11(7-10)15-12-5-4-9(6-12)8-14/h1-3,7,9,12H,4-6,8,14H2. The van der Waals surface area contributed by atoms with Gasteiger partial charge in [0.15, 0.2) is 0 Å². The minimum Gasteiger partial charge on any atom is -0.490 e. The van der Waals surface area contributed by atoms with Crippen molar-refractivity contribution in [3.05, 3.63) is 30.1 Å². The third kappa shape index (κ3) is 2.69. The van der Waals surface area contributed by atoms with Crippen LogP contribution >= 0.6 is 0 Å². The monoisotopic (exact) mass is 209 g/mol. The highest BCUT2D eigenvalue weighted by Gasteiger charge is 2.24. The molecule has 1 fully saturated rings. The summed E-state index contributed by atoms with van der Waals surface area (Å²) in [5, 5.41) is 0. The molecule has 0 amide bonds. The Labute approximate surface area is 89.2 Å². The van der Waals surface area contributed by atoms with E-state index in [1.165, 1.54) is 12.1 Å². The second-order valence-corrected chi connectivity index (χ2v) is 4.11. The molecule has 0 heterocycles. The molecule has 0 saturated heterocycles. The zero-order valence-corrected chi connectivity index (χ0v) is 8.66. The molecule has 82 valence electrons. The summed E-state index contributed by atoms with van der Waals surface area (Å²) in [6.45, 7) is 0.725. The highest BCUT2D eigenvalue weighted by Crippen LogP contribution is 2.28. The third-order valence-electron chi connectivity index (χ3n) is 2.93. The lowest BCUT2D eigenvalue weighted by Gasteiger charge is -2.13. The molecule has 2 rings (SSSR count). The van der Waals surface area contributed by atoms with E-state index in [1.54, 1.807) is 12.1 Å². The van der Waals surface area contributed by atoms with Crippen LogP contribution in [-0.2, 0) is 0 Å². The minimum absolute atomic E-state index is 0.209. The van der Waals surface area contributed by atoms with E-state index in [-0.39, 0.29) is 11.9 Å². The Bertz CT molecular complexity index is 329. The first kappa shape index (κ1) is 10.4. The maximum atomic E-state index is 12.9.